The van der Waals surface area contributed by atoms with Crippen LogP contribution >= 0.6 is 11.3 Å². The lowest BCUT2D eigenvalue weighted by Gasteiger charge is -2.38. The van der Waals surface area contributed by atoms with Crippen LogP contribution in [0.5, 0.6) is 0 Å². The molecule has 1 aliphatic carbocycles. The van der Waals surface area contributed by atoms with Crippen LogP contribution in [0.25, 0.3) is 10.2 Å². The van der Waals surface area contributed by atoms with Crippen molar-refractivity contribution in [3.05, 3.63) is 17.3 Å². The van der Waals surface area contributed by atoms with Crippen molar-refractivity contribution in [2.24, 2.45) is 11.8 Å². The van der Waals surface area contributed by atoms with Crippen LogP contribution in [0.3, 0.4) is 0 Å². The summed E-state index contributed by atoms with van der Waals surface area (Å²) in [6.45, 7) is 4.12. The molecule has 1 saturated carbocycles. The van der Waals surface area contributed by atoms with E-state index in [0.29, 0.717) is 17.9 Å². The number of ether oxygens (including phenoxy) is 1. The standard InChI is InChI=1S/C15H19N3OS/c1-9-16-14(12-5-6-20-15(12)17-9)18-7-10-3-4-11(8-18)13(10)19-2/h5-6,10-11,13H,3-4,7-8H2,1-2H3/t10-,11+,13?. The molecule has 0 aromatic carbocycles. The summed E-state index contributed by atoms with van der Waals surface area (Å²) in [5.74, 6) is 3.31. The molecule has 0 amide bonds. The number of rotatable bonds is 2. The van der Waals surface area contributed by atoms with Crippen molar-refractivity contribution in [3.8, 4) is 0 Å². The van der Waals surface area contributed by atoms with Crippen LogP contribution in [-0.2, 0) is 4.74 Å². The fraction of sp³-hybridized carbons (Fsp3) is 0.600. The van der Waals surface area contributed by atoms with Gasteiger partial charge in [0.05, 0.1) is 11.5 Å². The number of fused-ring (bicyclic) bond motifs is 3. The van der Waals surface area contributed by atoms with Crippen molar-refractivity contribution in [2.45, 2.75) is 25.9 Å². The fourth-order valence-electron chi connectivity index (χ4n) is 3.92. The van der Waals surface area contributed by atoms with Gasteiger partial charge in [0.2, 0.25) is 0 Å². The first kappa shape index (κ1) is 12.5. The number of aryl methyl sites for hydroxylation is 1. The van der Waals surface area contributed by atoms with Crippen LogP contribution < -0.4 is 4.90 Å². The quantitative estimate of drug-likeness (QED) is 0.852. The average molecular weight is 289 g/mol. The predicted octanol–water partition coefficient (Wildman–Crippen LogP) is 2.86. The van der Waals surface area contributed by atoms with E-state index in [-0.39, 0.29) is 0 Å². The predicted molar refractivity (Wildman–Crippen MR) is 81.4 cm³/mol. The highest BCUT2D eigenvalue weighted by Crippen LogP contribution is 2.41. The summed E-state index contributed by atoms with van der Waals surface area (Å²) in [6, 6.07) is 2.15. The Morgan fingerprint density at radius 2 is 2.00 bits per heavy atom. The van der Waals surface area contributed by atoms with E-state index in [1.807, 2.05) is 14.0 Å². The van der Waals surface area contributed by atoms with Crippen molar-refractivity contribution in [1.29, 1.82) is 0 Å². The molecule has 5 heteroatoms. The number of hydrogen-bond acceptors (Lipinski definition) is 5. The van der Waals surface area contributed by atoms with Gasteiger partial charge in [0.1, 0.15) is 16.5 Å². The summed E-state index contributed by atoms with van der Waals surface area (Å²) in [5, 5.41) is 3.31. The average Bonchev–Trinajstić information content (AvgIpc) is 2.99. The first-order valence-corrected chi connectivity index (χ1v) is 8.14. The molecule has 0 spiro atoms. The van der Waals surface area contributed by atoms with Gasteiger partial charge >= 0.3 is 0 Å². The Bertz CT molecular complexity index is 627. The molecule has 1 saturated heterocycles. The fourth-order valence-corrected chi connectivity index (χ4v) is 4.72. The Balaban J connectivity index is 1.72. The van der Waals surface area contributed by atoms with Crippen molar-refractivity contribution in [1.82, 2.24) is 9.97 Å². The number of aromatic nitrogens is 2. The zero-order chi connectivity index (χ0) is 13.7. The SMILES string of the molecule is COC1[C@@H]2CC[C@H]1CN(c1nc(C)nc3sccc13)C2. The Morgan fingerprint density at radius 3 is 2.70 bits per heavy atom. The van der Waals surface area contributed by atoms with Crippen molar-refractivity contribution in [2.75, 3.05) is 25.1 Å². The highest BCUT2D eigenvalue weighted by Gasteiger charge is 2.42. The van der Waals surface area contributed by atoms with Crippen molar-refractivity contribution >= 4 is 27.4 Å². The summed E-state index contributed by atoms with van der Waals surface area (Å²) in [4.78, 5) is 12.8. The molecule has 2 aromatic rings. The second-order valence-electron chi connectivity index (χ2n) is 5.94. The van der Waals surface area contributed by atoms with E-state index in [2.05, 4.69) is 21.3 Å². The van der Waals surface area contributed by atoms with Gasteiger partial charge in [0, 0.05) is 32.0 Å². The van der Waals surface area contributed by atoms with Crippen molar-refractivity contribution in [3.63, 3.8) is 0 Å². The molecule has 0 radical (unpaired) electrons. The number of hydrogen-bond donors (Lipinski definition) is 0. The van der Waals surface area contributed by atoms with Crippen LogP contribution in [-0.4, -0.2) is 36.3 Å². The molecule has 1 aliphatic heterocycles. The topological polar surface area (TPSA) is 38.2 Å². The second kappa shape index (κ2) is 4.67. The summed E-state index contributed by atoms with van der Waals surface area (Å²) < 4.78 is 5.70. The van der Waals surface area contributed by atoms with Crippen LogP contribution in [0, 0.1) is 18.8 Å². The highest BCUT2D eigenvalue weighted by atomic mass is 32.1. The molecule has 2 fully saturated rings. The van der Waals surface area contributed by atoms with E-state index in [1.165, 1.54) is 18.2 Å². The van der Waals surface area contributed by atoms with E-state index in [0.717, 1.165) is 29.6 Å². The first-order chi connectivity index (χ1) is 9.76. The molecular formula is C15H19N3OS. The summed E-state index contributed by atoms with van der Waals surface area (Å²) in [6.07, 6.45) is 3.03. The molecule has 3 heterocycles. The minimum Gasteiger partial charge on any atom is -0.381 e. The number of anilines is 1. The Labute approximate surface area is 122 Å². The molecule has 1 unspecified atom stereocenters. The van der Waals surface area contributed by atoms with E-state index in [4.69, 9.17) is 9.72 Å². The lowest BCUT2D eigenvalue weighted by Crippen LogP contribution is -2.46. The Morgan fingerprint density at radius 1 is 1.25 bits per heavy atom. The third-order valence-corrected chi connectivity index (χ3v) is 5.54. The number of thiophene rings is 1. The van der Waals surface area contributed by atoms with Crippen LogP contribution in [0.15, 0.2) is 11.4 Å². The zero-order valence-corrected chi connectivity index (χ0v) is 12.7. The van der Waals surface area contributed by atoms with Gasteiger partial charge in [-0.2, -0.15) is 0 Å². The lowest BCUT2D eigenvalue weighted by atomic mass is 9.95. The molecule has 3 atom stereocenters. The molecular weight excluding hydrogens is 270 g/mol. The minimum atomic E-state index is 0.451. The molecule has 2 bridgehead atoms. The van der Waals surface area contributed by atoms with E-state index in [9.17, 15) is 0 Å². The monoisotopic (exact) mass is 289 g/mol. The maximum Gasteiger partial charge on any atom is 0.141 e. The van der Waals surface area contributed by atoms with Gasteiger partial charge in [-0.05, 0) is 31.2 Å². The lowest BCUT2D eigenvalue weighted by molar-refractivity contribution is 0.0295. The smallest absolute Gasteiger partial charge is 0.141 e. The maximum absolute atomic E-state index is 5.70. The highest BCUT2D eigenvalue weighted by molar-refractivity contribution is 7.16. The minimum absolute atomic E-state index is 0.451. The molecule has 0 N–H and O–H groups in total. The molecule has 4 rings (SSSR count). The van der Waals surface area contributed by atoms with Gasteiger partial charge in [0.25, 0.3) is 0 Å². The molecule has 20 heavy (non-hydrogen) atoms. The Hall–Kier alpha value is -1.20. The van der Waals surface area contributed by atoms with Gasteiger partial charge in [-0.3, -0.25) is 0 Å². The van der Waals surface area contributed by atoms with E-state index < -0.39 is 0 Å². The van der Waals surface area contributed by atoms with Crippen molar-refractivity contribution < 1.29 is 4.74 Å². The van der Waals surface area contributed by atoms with Gasteiger partial charge in [-0.15, -0.1) is 11.3 Å². The molecule has 4 nitrogen and oxygen atoms in total. The van der Waals surface area contributed by atoms with Crippen LogP contribution in [0.1, 0.15) is 18.7 Å². The zero-order valence-electron chi connectivity index (χ0n) is 11.9. The third kappa shape index (κ3) is 1.84. The van der Waals surface area contributed by atoms with Gasteiger partial charge in [-0.1, -0.05) is 0 Å². The second-order valence-corrected chi connectivity index (χ2v) is 6.83. The molecule has 2 aliphatic rings. The summed E-state index contributed by atoms with van der Waals surface area (Å²) in [5.41, 5.74) is 0. The number of piperidine rings is 1. The van der Waals surface area contributed by atoms with Crippen LogP contribution in [0.4, 0.5) is 5.82 Å². The normalized spacial score (nSPS) is 29.3. The van der Waals surface area contributed by atoms with Gasteiger partial charge in [-0.25, -0.2) is 9.97 Å². The molecule has 106 valence electrons. The van der Waals surface area contributed by atoms with Gasteiger partial charge < -0.3 is 9.64 Å². The van der Waals surface area contributed by atoms with E-state index >= 15 is 0 Å². The first-order valence-electron chi connectivity index (χ1n) is 7.26. The van der Waals surface area contributed by atoms with Gasteiger partial charge in [0.15, 0.2) is 0 Å². The Kier molecular flexibility index (Phi) is 2.93. The largest absolute Gasteiger partial charge is 0.381 e. The summed E-state index contributed by atoms with van der Waals surface area (Å²) >= 11 is 1.70. The number of methoxy groups -OCH3 is 1. The number of nitrogens with zero attached hydrogens (tertiary/aromatic N) is 3. The maximum atomic E-state index is 5.70. The molecule has 2 aromatic heterocycles. The van der Waals surface area contributed by atoms with E-state index in [1.54, 1.807) is 11.3 Å². The third-order valence-electron chi connectivity index (χ3n) is 4.74. The summed E-state index contributed by atoms with van der Waals surface area (Å²) in [7, 11) is 1.86. The van der Waals surface area contributed by atoms with Crippen LogP contribution in [0.2, 0.25) is 0 Å².